The van der Waals surface area contributed by atoms with Crippen molar-refractivity contribution < 1.29 is 49.0 Å². The van der Waals surface area contributed by atoms with Crippen molar-refractivity contribution in [2.75, 3.05) is 13.7 Å². The number of hydrogen-bond donors (Lipinski definition) is 5. The molecule has 2 aliphatic carbocycles. The molecule has 0 spiro atoms. The van der Waals surface area contributed by atoms with Crippen LogP contribution in [0.3, 0.4) is 0 Å². The van der Waals surface area contributed by atoms with Gasteiger partial charge in [-0.2, -0.15) is 0 Å². The molecule has 202 valence electrons. The van der Waals surface area contributed by atoms with Crippen LogP contribution in [0.2, 0.25) is 0 Å². The Morgan fingerprint density at radius 1 is 1.26 bits per heavy atom. The molecule has 11 heteroatoms. The van der Waals surface area contributed by atoms with Crippen LogP contribution in [-0.2, 0) is 14.3 Å². The molecule has 2 aromatic rings. The Morgan fingerprint density at radius 3 is 2.66 bits per heavy atom. The van der Waals surface area contributed by atoms with Crippen LogP contribution in [0.15, 0.2) is 35.4 Å². The summed E-state index contributed by atoms with van der Waals surface area (Å²) in [6.45, 7) is 0.614. The quantitative estimate of drug-likeness (QED) is 0.365. The molecule has 0 aromatic heterocycles. The van der Waals surface area contributed by atoms with Gasteiger partial charge in [-0.1, -0.05) is 12.1 Å². The van der Waals surface area contributed by atoms with Crippen molar-refractivity contribution in [1.29, 1.82) is 0 Å². The van der Waals surface area contributed by atoms with Crippen LogP contribution in [-0.4, -0.2) is 87.7 Å². The minimum atomic E-state index is -2.18. The second kappa shape index (κ2) is 9.53. The van der Waals surface area contributed by atoms with Gasteiger partial charge in [-0.15, -0.1) is 0 Å². The number of ether oxygens (including phenoxy) is 3. The van der Waals surface area contributed by atoms with Gasteiger partial charge in [0, 0.05) is 42.0 Å². The molecule has 0 saturated carbocycles. The molecule has 1 aliphatic heterocycles. The fourth-order valence-corrected chi connectivity index (χ4v) is 5.66. The van der Waals surface area contributed by atoms with E-state index < -0.39 is 78.8 Å². The Labute approximate surface area is 217 Å². The molecule has 1 fully saturated rings. The molecule has 6 N–H and O–H groups in total. The maximum atomic E-state index is 13.9. The number of aliphatic hydroxyl groups excluding tert-OH is 2. The Bertz CT molecular complexity index is 1370. The van der Waals surface area contributed by atoms with E-state index in [1.54, 1.807) is 25.1 Å². The van der Waals surface area contributed by atoms with Gasteiger partial charge in [0.25, 0.3) is 0 Å². The first-order chi connectivity index (χ1) is 18.0. The summed E-state index contributed by atoms with van der Waals surface area (Å²) in [6.07, 6.45) is -4.89. The summed E-state index contributed by atoms with van der Waals surface area (Å²) in [4.78, 5) is 40.3. The summed E-state index contributed by atoms with van der Waals surface area (Å²) in [7, 11) is 1.41. The average molecular weight is 528 g/mol. The number of phenolic OH excluding ortho intramolecular Hbond substituents is 1. The third-order valence-corrected chi connectivity index (χ3v) is 7.68. The van der Waals surface area contributed by atoms with E-state index in [1.807, 2.05) is 0 Å². The number of aromatic hydroxyl groups is 1. The van der Waals surface area contributed by atoms with E-state index in [4.69, 9.17) is 19.9 Å². The lowest BCUT2D eigenvalue weighted by molar-refractivity contribution is -0.239. The van der Waals surface area contributed by atoms with Crippen LogP contribution in [0.1, 0.15) is 46.9 Å². The minimum Gasteiger partial charge on any atom is -0.506 e. The van der Waals surface area contributed by atoms with Crippen LogP contribution >= 0.6 is 0 Å². The number of Topliss-reactive ketones (excluding diaryl/α,β-unsaturated/α-hetero) is 3. The monoisotopic (exact) mass is 527 g/mol. The predicted molar refractivity (Wildman–Crippen MR) is 132 cm³/mol. The number of phenols is 1. The maximum absolute atomic E-state index is 13.9. The van der Waals surface area contributed by atoms with E-state index in [1.165, 1.54) is 13.2 Å². The number of ketones is 3. The van der Waals surface area contributed by atoms with Gasteiger partial charge in [0.15, 0.2) is 23.6 Å². The summed E-state index contributed by atoms with van der Waals surface area (Å²) in [5.41, 5.74) is 3.25. The Hall–Kier alpha value is -3.19. The first-order valence-corrected chi connectivity index (χ1v) is 12.3. The van der Waals surface area contributed by atoms with E-state index in [-0.39, 0.29) is 34.1 Å². The van der Waals surface area contributed by atoms with Crippen molar-refractivity contribution in [3.63, 3.8) is 0 Å². The summed E-state index contributed by atoms with van der Waals surface area (Å²) < 4.78 is 17.1. The highest BCUT2D eigenvalue weighted by atomic mass is 16.7. The van der Waals surface area contributed by atoms with E-state index in [0.29, 0.717) is 11.1 Å². The van der Waals surface area contributed by atoms with Crippen LogP contribution in [0.25, 0.3) is 10.8 Å². The lowest BCUT2D eigenvalue weighted by Gasteiger charge is -2.42. The normalized spacial score (nSPS) is 31.3. The topological polar surface area (TPSA) is 186 Å². The van der Waals surface area contributed by atoms with Gasteiger partial charge in [0.05, 0.1) is 36.4 Å². The van der Waals surface area contributed by atoms with Crippen molar-refractivity contribution in [2.45, 2.75) is 62.4 Å². The van der Waals surface area contributed by atoms with Gasteiger partial charge < -0.3 is 40.4 Å². The van der Waals surface area contributed by atoms with Crippen molar-refractivity contribution in [3.05, 3.63) is 46.5 Å². The Morgan fingerprint density at radius 2 is 2.00 bits per heavy atom. The summed E-state index contributed by atoms with van der Waals surface area (Å²) in [5.74, 6) is -2.41. The number of aliphatic hydroxyl groups is 3. The van der Waals surface area contributed by atoms with Gasteiger partial charge in [0.2, 0.25) is 0 Å². The van der Waals surface area contributed by atoms with E-state index in [2.05, 4.69) is 0 Å². The van der Waals surface area contributed by atoms with Gasteiger partial charge in [0.1, 0.15) is 23.7 Å². The number of carbonyl (C=O) groups excluding carboxylic acids is 3. The Kier molecular flexibility index (Phi) is 6.62. The average Bonchev–Trinajstić information content (AvgIpc) is 2.88. The smallest absolute Gasteiger partial charge is 0.196 e. The van der Waals surface area contributed by atoms with Gasteiger partial charge in [-0.05, 0) is 24.4 Å². The number of benzene rings is 2. The molecule has 3 aliphatic rings. The SMILES string of the molecule is COc1cccc2cc3c(c(O)c12)C(=O)C1=C(C[C@@](O)(C(=O)CO)C[C@@H]1O[C@H]1C[C@H](N)[C@H](O)[C@H](C)O1)C3=O. The second-order valence-corrected chi connectivity index (χ2v) is 10.0. The standard InChI is InChI=1S/C27H29NO10/c1-11-23(31)15(28)7-19(37-11)38-17-9-27(35,18(30)10-29)8-14-21(17)26(34)22-13(24(14)32)6-12-4-3-5-16(36-2)20(12)25(22)33/h3-6,11,15,17,19,23,29,31,33,35H,7-10,28H2,1-2H3/t11-,15-,17-,19-,23+,27-/m0/s1. The van der Waals surface area contributed by atoms with Crippen molar-refractivity contribution >= 4 is 28.1 Å². The van der Waals surface area contributed by atoms with Gasteiger partial charge >= 0.3 is 0 Å². The number of rotatable bonds is 5. The zero-order valence-corrected chi connectivity index (χ0v) is 20.8. The van der Waals surface area contributed by atoms with E-state index in [0.717, 1.165) is 0 Å². The summed E-state index contributed by atoms with van der Waals surface area (Å²) >= 11 is 0. The van der Waals surface area contributed by atoms with Crippen LogP contribution in [0, 0.1) is 0 Å². The molecule has 6 atom stereocenters. The second-order valence-electron chi connectivity index (χ2n) is 10.0. The molecule has 2 aromatic carbocycles. The molecule has 5 rings (SSSR count). The zero-order chi connectivity index (χ0) is 27.5. The van der Waals surface area contributed by atoms with Crippen molar-refractivity contribution in [2.24, 2.45) is 5.73 Å². The summed E-state index contributed by atoms with van der Waals surface area (Å²) in [5, 5.41) is 42.7. The zero-order valence-electron chi connectivity index (χ0n) is 20.8. The summed E-state index contributed by atoms with van der Waals surface area (Å²) in [6, 6.07) is 5.69. The van der Waals surface area contributed by atoms with Gasteiger partial charge in [-0.25, -0.2) is 0 Å². The largest absolute Gasteiger partial charge is 0.506 e. The number of carbonyl (C=O) groups is 3. The predicted octanol–water partition coefficient (Wildman–Crippen LogP) is 0.524. The first kappa shape index (κ1) is 26.4. The molecule has 0 bridgehead atoms. The minimum absolute atomic E-state index is 0.0444. The first-order valence-electron chi connectivity index (χ1n) is 12.3. The molecule has 11 nitrogen and oxygen atoms in total. The molecule has 0 unspecified atom stereocenters. The molecule has 0 amide bonds. The lowest BCUT2D eigenvalue weighted by Crippen LogP contribution is -2.54. The number of methoxy groups -OCH3 is 1. The highest BCUT2D eigenvalue weighted by Crippen LogP contribution is 2.47. The number of hydrogen-bond acceptors (Lipinski definition) is 11. The van der Waals surface area contributed by atoms with Crippen LogP contribution in [0.5, 0.6) is 11.5 Å². The molecular formula is C27H29NO10. The molecular weight excluding hydrogens is 498 g/mol. The van der Waals surface area contributed by atoms with E-state index in [9.17, 15) is 34.8 Å². The number of fused-ring (bicyclic) bond motifs is 2. The van der Waals surface area contributed by atoms with E-state index >= 15 is 0 Å². The Balaban J connectivity index is 1.64. The fraction of sp³-hybridized carbons (Fsp3) is 0.444. The lowest BCUT2D eigenvalue weighted by atomic mass is 9.69. The van der Waals surface area contributed by atoms with Crippen LogP contribution in [0.4, 0.5) is 0 Å². The van der Waals surface area contributed by atoms with Crippen molar-refractivity contribution in [3.8, 4) is 11.5 Å². The maximum Gasteiger partial charge on any atom is 0.196 e. The molecule has 38 heavy (non-hydrogen) atoms. The highest BCUT2D eigenvalue weighted by Gasteiger charge is 2.51. The van der Waals surface area contributed by atoms with Crippen molar-refractivity contribution in [1.82, 2.24) is 0 Å². The molecule has 1 heterocycles. The third-order valence-electron chi connectivity index (χ3n) is 7.68. The van der Waals surface area contributed by atoms with Gasteiger partial charge in [-0.3, -0.25) is 14.4 Å². The third kappa shape index (κ3) is 4.03. The number of nitrogens with two attached hydrogens (primary N) is 1. The fourth-order valence-electron chi connectivity index (χ4n) is 5.66. The highest BCUT2D eigenvalue weighted by molar-refractivity contribution is 6.30. The molecule has 1 saturated heterocycles. The molecule has 0 radical (unpaired) electrons. The van der Waals surface area contributed by atoms with Crippen LogP contribution < -0.4 is 10.5 Å².